The summed E-state index contributed by atoms with van der Waals surface area (Å²) in [7, 11) is 0. The molecule has 2 rings (SSSR count). The lowest BCUT2D eigenvalue weighted by Crippen LogP contribution is -2.08. The average Bonchev–Trinajstić information content (AvgIpc) is 2.77. The molecule has 0 amide bonds. The molecule has 4 nitrogen and oxygen atoms in total. The highest BCUT2D eigenvalue weighted by molar-refractivity contribution is 5.59. The summed E-state index contributed by atoms with van der Waals surface area (Å²) >= 11 is 0. The fourth-order valence-corrected chi connectivity index (χ4v) is 1.45. The summed E-state index contributed by atoms with van der Waals surface area (Å²) in [5.74, 6) is -0.0165. The smallest absolute Gasteiger partial charge is 0.334 e. The van der Waals surface area contributed by atoms with Gasteiger partial charge in [-0.3, -0.25) is 0 Å². The summed E-state index contributed by atoms with van der Waals surface area (Å²) in [5, 5.41) is 3.54. The van der Waals surface area contributed by atoms with Crippen molar-refractivity contribution in [3.8, 4) is 11.5 Å². The first-order valence-corrected chi connectivity index (χ1v) is 5.15. The molecule has 2 N–H and O–H groups in total. The third-order valence-electron chi connectivity index (χ3n) is 2.31. The molecule has 2 aromatic rings. The van der Waals surface area contributed by atoms with Gasteiger partial charge in [-0.1, -0.05) is 17.3 Å². The number of rotatable bonds is 2. The van der Waals surface area contributed by atoms with Crippen LogP contribution in [0.3, 0.4) is 0 Å². The molecule has 0 fully saturated rings. The summed E-state index contributed by atoms with van der Waals surface area (Å²) in [6.07, 6.45) is -4.47. The quantitative estimate of drug-likeness (QED) is 0.898. The third-order valence-corrected chi connectivity index (χ3v) is 2.31. The summed E-state index contributed by atoms with van der Waals surface area (Å²) in [4.78, 5) is 3.85. The number of nitrogens with two attached hydrogens (primary N) is 1. The molecule has 1 atom stereocenters. The van der Waals surface area contributed by atoms with Gasteiger partial charge in [0.15, 0.2) is 5.82 Å². The van der Waals surface area contributed by atoms with Crippen LogP contribution in [0.25, 0.3) is 11.5 Å². The predicted octanol–water partition coefficient (Wildman–Crippen LogP) is 2.78. The molecule has 7 heteroatoms. The maximum absolute atomic E-state index is 12.8. The maximum Gasteiger partial charge on any atom is 0.417 e. The van der Waals surface area contributed by atoms with Crippen molar-refractivity contribution < 1.29 is 17.7 Å². The van der Waals surface area contributed by atoms with Crippen molar-refractivity contribution in [3.05, 3.63) is 35.7 Å². The van der Waals surface area contributed by atoms with Crippen LogP contribution in [-0.4, -0.2) is 10.1 Å². The van der Waals surface area contributed by atoms with Crippen LogP contribution in [0.15, 0.2) is 28.8 Å². The van der Waals surface area contributed by atoms with Gasteiger partial charge in [0, 0.05) is 0 Å². The van der Waals surface area contributed by atoms with Crippen LogP contribution >= 0.6 is 0 Å². The van der Waals surface area contributed by atoms with Crippen molar-refractivity contribution in [2.24, 2.45) is 5.73 Å². The SMILES string of the molecule is CC(N)c1noc(-c2ccccc2C(F)(F)F)n1. The Morgan fingerprint density at radius 2 is 1.94 bits per heavy atom. The molecule has 1 aromatic heterocycles. The van der Waals surface area contributed by atoms with E-state index in [4.69, 9.17) is 10.3 Å². The van der Waals surface area contributed by atoms with Gasteiger partial charge in [-0.25, -0.2) is 0 Å². The highest BCUT2D eigenvalue weighted by Gasteiger charge is 2.34. The van der Waals surface area contributed by atoms with Gasteiger partial charge in [0.1, 0.15) is 0 Å². The third kappa shape index (κ3) is 2.35. The number of halogens is 3. The fraction of sp³-hybridized carbons (Fsp3) is 0.273. The van der Waals surface area contributed by atoms with Crippen LogP contribution in [0.1, 0.15) is 24.4 Å². The zero-order valence-corrected chi connectivity index (χ0v) is 9.40. The van der Waals surface area contributed by atoms with E-state index in [2.05, 4.69) is 10.1 Å². The van der Waals surface area contributed by atoms with E-state index in [-0.39, 0.29) is 17.3 Å². The van der Waals surface area contributed by atoms with E-state index in [1.165, 1.54) is 18.2 Å². The molecule has 0 radical (unpaired) electrons. The second kappa shape index (κ2) is 4.41. The highest BCUT2D eigenvalue weighted by Crippen LogP contribution is 2.36. The largest absolute Gasteiger partial charge is 0.417 e. The molecule has 0 saturated carbocycles. The number of hydrogen-bond donors (Lipinski definition) is 1. The molecular weight excluding hydrogens is 247 g/mol. The van der Waals surface area contributed by atoms with Crippen molar-refractivity contribution in [1.29, 1.82) is 0 Å². The van der Waals surface area contributed by atoms with Gasteiger partial charge < -0.3 is 10.3 Å². The predicted molar refractivity (Wildman–Crippen MR) is 57.3 cm³/mol. The standard InChI is InChI=1S/C11H10F3N3O/c1-6(15)9-16-10(18-17-9)7-4-2-3-5-8(7)11(12,13)14/h2-6H,15H2,1H3. The summed E-state index contributed by atoms with van der Waals surface area (Å²) in [6, 6.07) is 4.52. The Morgan fingerprint density at radius 3 is 2.50 bits per heavy atom. The van der Waals surface area contributed by atoms with Crippen LogP contribution in [0.2, 0.25) is 0 Å². The molecule has 1 aromatic carbocycles. The lowest BCUT2D eigenvalue weighted by atomic mass is 10.1. The minimum Gasteiger partial charge on any atom is -0.334 e. The molecule has 0 aliphatic rings. The Balaban J connectivity index is 2.50. The van der Waals surface area contributed by atoms with Crippen molar-refractivity contribution in [1.82, 2.24) is 10.1 Å². The molecule has 1 heterocycles. The van der Waals surface area contributed by atoms with Crippen LogP contribution in [0.4, 0.5) is 13.2 Å². The van der Waals surface area contributed by atoms with E-state index in [0.29, 0.717) is 0 Å². The molecule has 0 bridgehead atoms. The summed E-state index contributed by atoms with van der Waals surface area (Å²) in [6.45, 7) is 1.62. The van der Waals surface area contributed by atoms with Crippen molar-refractivity contribution in [2.75, 3.05) is 0 Å². The normalized spacial score (nSPS) is 13.6. The van der Waals surface area contributed by atoms with Crippen LogP contribution in [0, 0.1) is 0 Å². The van der Waals surface area contributed by atoms with Gasteiger partial charge in [0.25, 0.3) is 5.89 Å². The van der Waals surface area contributed by atoms with Crippen molar-refractivity contribution in [3.63, 3.8) is 0 Å². The maximum atomic E-state index is 12.8. The van der Waals surface area contributed by atoms with Crippen LogP contribution in [-0.2, 0) is 6.18 Å². The fourth-order valence-electron chi connectivity index (χ4n) is 1.45. The van der Waals surface area contributed by atoms with Gasteiger partial charge in [-0.05, 0) is 19.1 Å². The first-order chi connectivity index (χ1) is 8.39. The van der Waals surface area contributed by atoms with Crippen LogP contribution < -0.4 is 5.73 Å². The second-order valence-electron chi connectivity index (χ2n) is 3.79. The Hall–Kier alpha value is -1.89. The summed E-state index contributed by atoms with van der Waals surface area (Å²) < 4.78 is 43.2. The van der Waals surface area contributed by atoms with Gasteiger partial charge in [-0.15, -0.1) is 0 Å². The van der Waals surface area contributed by atoms with E-state index in [1.54, 1.807) is 6.92 Å². The van der Waals surface area contributed by atoms with Crippen molar-refractivity contribution >= 4 is 0 Å². The molecule has 0 saturated heterocycles. The van der Waals surface area contributed by atoms with Crippen molar-refractivity contribution in [2.45, 2.75) is 19.1 Å². The molecule has 0 aliphatic carbocycles. The monoisotopic (exact) mass is 257 g/mol. The molecule has 0 spiro atoms. The Bertz CT molecular complexity index is 548. The highest BCUT2D eigenvalue weighted by atomic mass is 19.4. The van der Waals surface area contributed by atoms with Gasteiger partial charge in [0.05, 0.1) is 17.2 Å². The molecular formula is C11H10F3N3O. The zero-order valence-electron chi connectivity index (χ0n) is 9.40. The number of hydrogen-bond acceptors (Lipinski definition) is 4. The Labute approximate surface area is 101 Å². The van der Waals surface area contributed by atoms with E-state index < -0.39 is 17.8 Å². The average molecular weight is 257 g/mol. The van der Waals surface area contributed by atoms with E-state index in [1.807, 2.05) is 0 Å². The molecule has 1 unspecified atom stereocenters. The second-order valence-corrected chi connectivity index (χ2v) is 3.79. The number of nitrogens with zero attached hydrogens (tertiary/aromatic N) is 2. The minimum absolute atomic E-state index is 0.149. The first kappa shape index (κ1) is 12.6. The van der Waals surface area contributed by atoms with E-state index >= 15 is 0 Å². The van der Waals surface area contributed by atoms with Gasteiger partial charge in [-0.2, -0.15) is 18.2 Å². The molecule has 18 heavy (non-hydrogen) atoms. The van der Waals surface area contributed by atoms with Gasteiger partial charge in [0.2, 0.25) is 0 Å². The molecule has 0 aliphatic heterocycles. The zero-order chi connectivity index (χ0) is 13.3. The summed E-state index contributed by atoms with van der Waals surface area (Å²) in [5.41, 5.74) is 4.56. The topological polar surface area (TPSA) is 64.9 Å². The number of benzene rings is 1. The molecule has 96 valence electrons. The van der Waals surface area contributed by atoms with Gasteiger partial charge >= 0.3 is 6.18 Å². The van der Waals surface area contributed by atoms with Crippen LogP contribution in [0.5, 0.6) is 0 Å². The Kier molecular flexibility index (Phi) is 3.08. The lowest BCUT2D eigenvalue weighted by Gasteiger charge is -2.09. The number of alkyl halides is 3. The van der Waals surface area contributed by atoms with E-state index in [9.17, 15) is 13.2 Å². The first-order valence-electron chi connectivity index (χ1n) is 5.15. The Morgan fingerprint density at radius 1 is 1.28 bits per heavy atom. The number of aromatic nitrogens is 2. The lowest BCUT2D eigenvalue weighted by molar-refractivity contribution is -0.137. The minimum atomic E-state index is -4.47. The van der Waals surface area contributed by atoms with E-state index in [0.717, 1.165) is 6.07 Å².